The number of nitrogens with one attached hydrogen (secondary N) is 1. The summed E-state index contributed by atoms with van der Waals surface area (Å²) in [5.74, 6) is -1.08. The van der Waals surface area contributed by atoms with Gasteiger partial charge < -0.3 is 15.2 Å². The molecule has 0 heterocycles. The van der Waals surface area contributed by atoms with Crippen LogP contribution in [0.4, 0.5) is 0 Å². The monoisotopic (exact) mass is 201 g/mol. The van der Waals surface area contributed by atoms with Crippen LogP contribution >= 0.6 is 0 Å². The molecule has 0 atom stereocenters. The molecular weight excluding hydrogens is 186 g/mol. The minimum absolute atomic E-state index is 0.00624. The van der Waals surface area contributed by atoms with E-state index < -0.39 is 5.97 Å². The highest BCUT2D eigenvalue weighted by molar-refractivity contribution is 5.75. The van der Waals surface area contributed by atoms with Crippen molar-refractivity contribution < 1.29 is 19.4 Å². The van der Waals surface area contributed by atoms with E-state index in [9.17, 15) is 9.59 Å². The van der Waals surface area contributed by atoms with Gasteiger partial charge in [-0.15, -0.1) is 0 Å². The van der Waals surface area contributed by atoms with Crippen molar-refractivity contribution in [2.24, 2.45) is 5.92 Å². The van der Waals surface area contributed by atoms with E-state index in [1.165, 1.54) is 0 Å². The van der Waals surface area contributed by atoms with Crippen molar-refractivity contribution in [3.05, 3.63) is 0 Å². The molecule has 5 nitrogen and oxygen atoms in total. The molecule has 1 fully saturated rings. The lowest BCUT2D eigenvalue weighted by atomic mass is 9.82. The van der Waals surface area contributed by atoms with Crippen LogP contribution in [0.3, 0.4) is 0 Å². The van der Waals surface area contributed by atoms with Gasteiger partial charge >= 0.3 is 5.97 Å². The summed E-state index contributed by atoms with van der Waals surface area (Å²) in [4.78, 5) is 21.2. The van der Waals surface area contributed by atoms with Gasteiger partial charge in [0.05, 0.1) is 12.0 Å². The Morgan fingerprint density at radius 3 is 2.64 bits per heavy atom. The highest BCUT2D eigenvalue weighted by atomic mass is 16.5. The summed E-state index contributed by atoms with van der Waals surface area (Å²) in [5.41, 5.74) is 0. The van der Waals surface area contributed by atoms with Gasteiger partial charge in [-0.25, -0.2) is 0 Å². The summed E-state index contributed by atoms with van der Waals surface area (Å²) in [6.45, 7) is 1.95. The van der Waals surface area contributed by atoms with Crippen LogP contribution in [-0.2, 0) is 14.3 Å². The molecular formula is C9H15NO4. The smallest absolute Gasteiger partial charge is 0.306 e. The topological polar surface area (TPSA) is 75.6 Å². The normalized spacial score (nSPS) is 25.2. The molecule has 14 heavy (non-hydrogen) atoms. The summed E-state index contributed by atoms with van der Waals surface area (Å²) in [6, 6.07) is 0. The van der Waals surface area contributed by atoms with Gasteiger partial charge in [-0.3, -0.25) is 9.59 Å². The maximum atomic E-state index is 10.8. The van der Waals surface area contributed by atoms with E-state index in [0.29, 0.717) is 19.3 Å². The fourth-order valence-electron chi connectivity index (χ4n) is 1.27. The molecule has 0 aromatic carbocycles. The maximum Gasteiger partial charge on any atom is 0.306 e. The number of aliphatic carboxylic acids is 1. The van der Waals surface area contributed by atoms with E-state index in [1.807, 2.05) is 0 Å². The van der Waals surface area contributed by atoms with E-state index in [4.69, 9.17) is 9.84 Å². The van der Waals surface area contributed by atoms with Gasteiger partial charge in [-0.2, -0.15) is 0 Å². The van der Waals surface area contributed by atoms with Crippen LogP contribution in [0, 0.1) is 5.92 Å². The molecule has 0 unspecified atom stereocenters. The quantitative estimate of drug-likeness (QED) is 0.629. The number of hydrogen-bond donors (Lipinski definition) is 2. The summed E-state index contributed by atoms with van der Waals surface area (Å²) in [7, 11) is 0. The zero-order valence-corrected chi connectivity index (χ0v) is 8.16. The van der Waals surface area contributed by atoms with Gasteiger partial charge in [0.1, 0.15) is 6.73 Å². The highest BCUT2D eigenvalue weighted by Crippen LogP contribution is 2.29. The number of carboxylic acids is 1. The Morgan fingerprint density at radius 2 is 2.14 bits per heavy atom. The molecule has 0 aromatic heterocycles. The first-order valence-electron chi connectivity index (χ1n) is 4.74. The van der Waals surface area contributed by atoms with Crippen molar-refractivity contribution in [2.75, 3.05) is 6.73 Å². The van der Waals surface area contributed by atoms with Gasteiger partial charge in [0.2, 0.25) is 5.91 Å². The number of carboxylic acid groups (broad SMARTS) is 1. The van der Waals surface area contributed by atoms with Crippen molar-refractivity contribution in [2.45, 2.75) is 32.3 Å². The van der Waals surface area contributed by atoms with Crippen LogP contribution < -0.4 is 5.32 Å². The average molecular weight is 201 g/mol. The summed E-state index contributed by atoms with van der Waals surface area (Å²) in [6.07, 6.45) is 1.54. The predicted molar refractivity (Wildman–Crippen MR) is 48.5 cm³/mol. The highest BCUT2D eigenvalue weighted by Gasteiger charge is 2.34. The van der Waals surface area contributed by atoms with Gasteiger partial charge in [0, 0.05) is 6.42 Å². The molecule has 1 aliphatic rings. The predicted octanol–water partition coefficient (Wildman–Crippen LogP) is 0.350. The molecule has 1 aliphatic carbocycles. The minimum atomic E-state index is -0.762. The van der Waals surface area contributed by atoms with Crippen LogP contribution in [0.1, 0.15) is 26.2 Å². The van der Waals surface area contributed by atoms with E-state index in [0.717, 1.165) is 0 Å². The second-order valence-corrected chi connectivity index (χ2v) is 3.39. The number of amides is 1. The van der Waals surface area contributed by atoms with E-state index >= 15 is 0 Å². The number of ether oxygens (including phenoxy) is 1. The third kappa shape index (κ3) is 2.99. The Kier molecular flexibility index (Phi) is 3.88. The fraction of sp³-hybridized carbons (Fsp3) is 0.778. The van der Waals surface area contributed by atoms with E-state index in [-0.39, 0.29) is 24.7 Å². The Balaban J connectivity index is 2.01. The fourth-order valence-corrected chi connectivity index (χ4v) is 1.27. The van der Waals surface area contributed by atoms with Crippen molar-refractivity contribution >= 4 is 11.9 Å². The molecule has 0 radical (unpaired) electrons. The second-order valence-electron chi connectivity index (χ2n) is 3.39. The third-order valence-electron chi connectivity index (χ3n) is 2.35. The van der Waals surface area contributed by atoms with Crippen molar-refractivity contribution in [3.8, 4) is 0 Å². The Labute approximate surface area is 82.4 Å². The van der Waals surface area contributed by atoms with Gasteiger partial charge in [0.15, 0.2) is 0 Å². The van der Waals surface area contributed by atoms with E-state index in [1.54, 1.807) is 6.92 Å². The first-order chi connectivity index (χ1) is 6.63. The van der Waals surface area contributed by atoms with Crippen LogP contribution in [0.15, 0.2) is 0 Å². The molecule has 0 saturated heterocycles. The van der Waals surface area contributed by atoms with Gasteiger partial charge in [-0.05, 0) is 12.8 Å². The molecule has 0 aliphatic heterocycles. The SMILES string of the molecule is CCC(=O)NCOC1CC(C(=O)O)C1. The number of carbonyl (C=O) groups is 2. The van der Waals surface area contributed by atoms with Crippen molar-refractivity contribution in [3.63, 3.8) is 0 Å². The number of rotatable bonds is 5. The van der Waals surface area contributed by atoms with Crippen LogP contribution in [0.25, 0.3) is 0 Å². The third-order valence-corrected chi connectivity index (χ3v) is 2.35. The molecule has 1 amide bonds. The number of hydrogen-bond acceptors (Lipinski definition) is 3. The molecule has 1 saturated carbocycles. The molecule has 0 bridgehead atoms. The van der Waals surface area contributed by atoms with Crippen molar-refractivity contribution in [1.29, 1.82) is 0 Å². The molecule has 0 aromatic rings. The lowest BCUT2D eigenvalue weighted by Gasteiger charge is -2.31. The Bertz CT molecular complexity index is 223. The largest absolute Gasteiger partial charge is 0.481 e. The minimum Gasteiger partial charge on any atom is -0.481 e. The van der Waals surface area contributed by atoms with Gasteiger partial charge in [-0.1, -0.05) is 6.92 Å². The Hall–Kier alpha value is -1.10. The Morgan fingerprint density at radius 1 is 1.50 bits per heavy atom. The molecule has 5 heteroatoms. The molecule has 80 valence electrons. The second kappa shape index (κ2) is 4.95. The van der Waals surface area contributed by atoms with Crippen molar-refractivity contribution in [1.82, 2.24) is 5.32 Å². The van der Waals surface area contributed by atoms with Crippen LogP contribution in [0.2, 0.25) is 0 Å². The lowest BCUT2D eigenvalue weighted by molar-refractivity contribution is -0.152. The average Bonchev–Trinajstić information content (AvgIpc) is 2.07. The van der Waals surface area contributed by atoms with E-state index in [2.05, 4.69) is 5.32 Å². The molecule has 0 spiro atoms. The zero-order valence-electron chi connectivity index (χ0n) is 8.16. The number of carbonyl (C=O) groups excluding carboxylic acids is 1. The molecule has 2 N–H and O–H groups in total. The zero-order chi connectivity index (χ0) is 10.6. The first-order valence-corrected chi connectivity index (χ1v) is 4.74. The van der Waals surface area contributed by atoms with Crippen LogP contribution in [-0.4, -0.2) is 29.8 Å². The summed E-state index contributed by atoms with van der Waals surface area (Å²) >= 11 is 0. The summed E-state index contributed by atoms with van der Waals surface area (Å²) in [5, 5.41) is 11.1. The van der Waals surface area contributed by atoms with Crippen LogP contribution in [0.5, 0.6) is 0 Å². The summed E-state index contributed by atoms with van der Waals surface area (Å²) < 4.78 is 5.24. The first kappa shape index (κ1) is 11.0. The molecule has 1 rings (SSSR count). The standard InChI is InChI=1S/C9H15NO4/c1-2-8(11)10-5-14-7-3-6(4-7)9(12)13/h6-7H,2-5H2,1H3,(H,10,11)(H,12,13). The van der Waals surface area contributed by atoms with Gasteiger partial charge in [0.25, 0.3) is 0 Å². The maximum absolute atomic E-state index is 10.8. The lowest BCUT2D eigenvalue weighted by Crippen LogP contribution is -2.39.